The summed E-state index contributed by atoms with van der Waals surface area (Å²) in [7, 11) is 0. The molecule has 2 rings (SSSR count). The van der Waals surface area contributed by atoms with Crippen LogP contribution in [0.15, 0.2) is 42.5 Å². The molecule has 0 aliphatic rings. The summed E-state index contributed by atoms with van der Waals surface area (Å²) in [5.41, 5.74) is 1.44. The highest BCUT2D eigenvalue weighted by molar-refractivity contribution is 7.80. The molecule has 0 aliphatic heterocycles. The normalized spacial score (nSPS) is 11.1. The summed E-state index contributed by atoms with van der Waals surface area (Å²) in [4.78, 5) is 0. The summed E-state index contributed by atoms with van der Waals surface area (Å²) in [6, 6.07) is 9.95. The fourth-order valence-corrected chi connectivity index (χ4v) is 2.16. The first-order valence-electron chi connectivity index (χ1n) is 6.27. The second-order valence-corrected chi connectivity index (χ2v) is 5.46. The molecule has 7 heteroatoms. The van der Waals surface area contributed by atoms with Crippen molar-refractivity contribution in [2.75, 3.05) is 10.6 Å². The van der Waals surface area contributed by atoms with Gasteiger partial charge in [0.2, 0.25) is 0 Å². The molecule has 0 bridgehead atoms. The van der Waals surface area contributed by atoms with Gasteiger partial charge in [-0.2, -0.15) is 13.2 Å². The van der Waals surface area contributed by atoms with Crippen LogP contribution in [0.1, 0.15) is 11.1 Å². The first kappa shape index (κ1) is 16.6. The van der Waals surface area contributed by atoms with Crippen LogP contribution in [0.2, 0.25) is 5.02 Å². The maximum absolute atomic E-state index is 12.5. The molecule has 0 saturated carbocycles. The quantitative estimate of drug-likeness (QED) is 0.706. The van der Waals surface area contributed by atoms with E-state index in [2.05, 4.69) is 10.6 Å². The van der Waals surface area contributed by atoms with E-state index in [9.17, 15) is 13.2 Å². The van der Waals surface area contributed by atoms with Crippen LogP contribution >= 0.6 is 23.8 Å². The minimum atomic E-state index is -4.35. The van der Waals surface area contributed by atoms with E-state index in [-0.39, 0.29) is 5.11 Å². The van der Waals surface area contributed by atoms with Crippen molar-refractivity contribution in [1.29, 1.82) is 0 Å². The van der Waals surface area contributed by atoms with Gasteiger partial charge in [0.05, 0.1) is 5.56 Å². The summed E-state index contributed by atoms with van der Waals surface area (Å²) >= 11 is 11.1. The molecule has 0 amide bonds. The third-order valence-corrected chi connectivity index (χ3v) is 3.36. The number of hydrogen-bond donors (Lipinski definition) is 2. The zero-order valence-electron chi connectivity index (χ0n) is 11.5. The number of anilines is 2. The van der Waals surface area contributed by atoms with Gasteiger partial charge in [-0.3, -0.25) is 0 Å². The third-order valence-electron chi connectivity index (χ3n) is 2.92. The molecule has 0 spiro atoms. The van der Waals surface area contributed by atoms with Crippen LogP contribution in [0.25, 0.3) is 0 Å². The summed E-state index contributed by atoms with van der Waals surface area (Å²) in [5, 5.41) is 6.61. The first-order chi connectivity index (χ1) is 10.3. The van der Waals surface area contributed by atoms with Gasteiger partial charge >= 0.3 is 6.18 Å². The van der Waals surface area contributed by atoms with Crippen molar-refractivity contribution in [3.05, 3.63) is 58.6 Å². The molecule has 2 aromatic carbocycles. The lowest BCUT2D eigenvalue weighted by atomic mass is 10.2. The largest absolute Gasteiger partial charge is 0.416 e. The molecule has 2 N–H and O–H groups in total. The van der Waals surface area contributed by atoms with Crippen molar-refractivity contribution in [2.45, 2.75) is 13.1 Å². The van der Waals surface area contributed by atoms with Crippen LogP contribution in [-0.2, 0) is 6.18 Å². The highest BCUT2D eigenvalue weighted by atomic mass is 35.5. The van der Waals surface area contributed by atoms with Crippen molar-refractivity contribution < 1.29 is 13.2 Å². The summed E-state index contributed by atoms with van der Waals surface area (Å²) in [6.07, 6.45) is -4.35. The van der Waals surface area contributed by atoms with E-state index in [0.717, 1.165) is 23.4 Å². The maximum Gasteiger partial charge on any atom is 0.416 e. The molecule has 2 nitrogen and oxygen atoms in total. The number of hydrogen-bond acceptors (Lipinski definition) is 1. The average Bonchev–Trinajstić information content (AvgIpc) is 2.42. The van der Waals surface area contributed by atoms with E-state index in [1.165, 1.54) is 12.1 Å². The number of benzene rings is 2. The molecule has 2 aromatic rings. The van der Waals surface area contributed by atoms with Gasteiger partial charge in [0.25, 0.3) is 0 Å². The van der Waals surface area contributed by atoms with Crippen molar-refractivity contribution in [2.24, 2.45) is 0 Å². The molecule has 0 aromatic heterocycles. The average molecular weight is 345 g/mol. The Balaban J connectivity index is 2.04. The molecule has 0 unspecified atom stereocenters. The van der Waals surface area contributed by atoms with Crippen LogP contribution in [0.5, 0.6) is 0 Å². The molecule has 22 heavy (non-hydrogen) atoms. The van der Waals surface area contributed by atoms with Gasteiger partial charge in [-0.1, -0.05) is 17.7 Å². The lowest BCUT2D eigenvalue weighted by Crippen LogP contribution is -2.19. The molecule has 0 atom stereocenters. The van der Waals surface area contributed by atoms with Gasteiger partial charge in [0.15, 0.2) is 5.11 Å². The Hall–Kier alpha value is -1.79. The van der Waals surface area contributed by atoms with E-state index in [1.54, 1.807) is 12.1 Å². The second kappa shape index (κ2) is 6.54. The minimum Gasteiger partial charge on any atom is -0.332 e. The van der Waals surface area contributed by atoms with Gasteiger partial charge < -0.3 is 10.6 Å². The zero-order valence-corrected chi connectivity index (χ0v) is 13.0. The number of alkyl halides is 3. The van der Waals surface area contributed by atoms with Crippen LogP contribution < -0.4 is 10.6 Å². The maximum atomic E-state index is 12.5. The Kier molecular flexibility index (Phi) is 4.93. The van der Waals surface area contributed by atoms with Gasteiger partial charge in [-0.15, -0.1) is 0 Å². The number of aryl methyl sites for hydroxylation is 1. The van der Waals surface area contributed by atoms with Gasteiger partial charge in [0, 0.05) is 16.4 Å². The fourth-order valence-electron chi connectivity index (χ4n) is 1.76. The highest BCUT2D eigenvalue weighted by Crippen LogP contribution is 2.29. The van der Waals surface area contributed by atoms with Crippen LogP contribution in [0, 0.1) is 6.92 Å². The number of thiocarbonyl (C=S) groups is 1. The number of halogens is 4. The van der Waals surface area contributed by atoms with E-state index >= 15 is 0 Å². The molecule has 0 aliphatic carbocycles. The summed E-state index contributed by atoms with van der Waals surface area (Å²) < 4.78 is 37.4. The van der Waals surface area contributed by atoms with Crippen LogP contribution in [-0.4, -0.2) is 5.11 Å². The van der Waals surface area contributed by atoms with E-state index < -0.39 is 11.7 Å². The fraction of sp³-hybridized carbons (Fsp3) is 0.133. The van der Waals surface area contributed by atoms with Gasteiger partial charge in [0.1, 0.15) is 0 Å². The van der Waals surface area contributed by atoms with E-state index in [1.807, 2.05) is 13.0 Å². The lowest BCUT2D eigenvalue weighted by Gasteiger charge is -2.13. The van der Waals surface area contributed by atoms with Crippen LogP contribution in [0.3, 0.4) is 0 Å². The molecule has 116 valence electrons. The Morgan fingerprint density at radius 1 is 1.05 bits per heavy atom. The lowest BCUT2D eigenvalue weighted by molar-refractivity contribution is -0.137. The van der Waals surface area contributed by atoms with E-state index in [4.69, 9.17) is 23.8 Å². The number of nitrogens with one attached hydrogen (secondary N) is 2. The topological polar surface area (TPSA) is 24.1 Å². The van der Waals surface area contributed by atoms with E-state index in [0.29, 0.717) is 10.7 Å². The smallest absolute Gasteiger partial charge is 0.332 e. The summed E-state index contributed by atoms with van der Waals surface area (Å²) in [5.74, 6) is 0. The van der Waals surface area contributed by atoms with Gasteiger partial charge in [-0.05, 0) is 61.1 Å². The molecular formula is C15H12ClF3N2S. The zero-order chi connectivity index (χ0) is 16.3. The standard InChI is InChI=1S/C15H12ClF3N2S/c1-9-2-5-11(16)8-13(9)21-14(22)20-12-6-3-10(4-7-12)15(17,18)19/h2-8H,1H3,(H2,20,21,22). The second-order valence-electron chi connectivity index (χ2n) is 4.61. The van der Waals surface area contributed by atoms with Crippen molar-refractivity contribution >= 4 is 40.3 Å². The Labute approximate surface area is 136 Å². The Morgan fingerprint density at radius 2 is 1.68 bits per heavy atom. The Bertz CT molecular complexity index is 684. The summed E-state index contributed by atoms with van der Waals surface area (Å²) in [6.45, 7) is 1.89. The molecular weight excluding hydrogens is 333 g/mol. The predicted octanol–water partition coefficient (Wildman–Crippen LogP) is 5.48. The van der Waals surface area contributed by atoms with Crippen molar-refractivity contribution in [3.8, 4) is 0 Å². The predicted molar refractivity (Wildman–Crippen MR) is 87.5 cm³/mol. The van der Waals surface area contributed by atoms with Crippen molar-refractivity contribution in [1.82, 2.24) is 0 Å². The molecule has 0 heterocycles. The molecule has 0 fully saturated rings. The SMILES string of the molecule is Cc1ccc(Cl)cc1NC(=S)Nc1ccc(C(F)(F)F)cc1. The van der Waals surface area contributed by atoms with Crippen LogP contribution in [0.4, 0.5) is 24.5 Å². The number of rotatable bonds is 2. The van der Waals surface area contributed by atoms with Crippen molar-refractivity contribution in [3.63, 3.8) is 0 Å². The highest BCUT2D eigenvalue weighted by Gasteiger charge is 2.29. The Morgan fingerprint density at radius 3 is 2.27 bits per heavy atom. The first-order valence-corrected chi connectivity index (χ1v) is 7.06. The third kappa shape index (κ3) is 4.35. The monoisotopic (exact) mass is 344 g/mol. The molecule has 0 radical (unpaired) electrons. The van der Waals surface area contributed by atoms with Gasteiger partial charge in [-0.25, -0.2) is 0 Å². The minimum absolute atomic E-state index is 0.269. The molecule has 0 saturated heterocycles.